The highest BCUT2D eigenvalue weighted by Gasteiger charge is 2.18. The fourth-order valence-corrected chi connectivity index (χ4v) is 5.91. The molecule has 0 bridgehead atoms. The van der Waals surface area contributed by atoms with Gasteiger partial charge in [-0.3, -0.25) is 0 Å². The lowest BCUT2D eigenvalue weighted by atomic mass is 9.85. The number of benzene rings is 8. The quantitative estimate of drug-likeness (QED) is 0.187. The van der Waals surface area contributed by atoms with Crippen LogP contribution in [0.1, 0.15) is 20.6 Å². The third kappa shape index (κ3) is 4.24. The maximum absolute atomic E-state index is 9.77. The SMILES string of the molecule is [2H]c1c([2H])c([2H])c(-c2c([2H])c([2H])c([2H])c(-c3c4ccccc4c(-c4c([2H])c([2H])c5oc6c([2H])c([2H])c(-c7ccccc7)c([2H])c6c5c4[2H])c4ccccc34)c2[2H])c([2H])c1[2H]. The number of hydrogen-bond donors (Lipinski definition) is 0. The van der Waals surface area contributed by atoms with Crippen LogP contribution in [0.5, 0.6) is 0 Å². The van der Waals surface area contributed by atoms with Crippen molar-refractivity contribution in [2.45, 2.75) is 0 Å². The van der Waals surface area contributed by atoms with E-state index < -0.39 is 71.6 Å². The van der Waals surface area contributed by atoms with Gasteiger partial charge in [-0.2, -0.15) is 0 Å². The molecule has 1 aromatic heterocycles. The van der Waals surface area contributed by atoms with E-state index in [1.807, 2.05) is 0 Å². The lowest BCUT2D eigenvalue weighted by Crippen LogP contribution is -1.91. The van der Waals surface area contributed by atoms with Crippen molar-refractivity contribution in [1.29, 1.82) is 0 Å². The lowest BCUT2D eigenvalue weighted by Gasteiger charge is -2.18. The molecule has 9 aromatic rings. The zero-order valence-corrected chi connectivity index (χ0v) is 23.4. The Balaban J connectivity index is 1.43. The van der Waals surface area contributed by atoms with Crippen molar-refractivity contribution >= 4 is 43.5 Å². The van der Waals surface area contributed by atoms with Gasteiger partial charge in [-0.15, -0.1) is 0 Å². The second-order valence-corrected chi connectivity index (χ2v) is 10.5. The van der Waals surface area contributed by atoms with Crippen LogP contribution in [0.15, 0.2) is 174 Å². The van der Waals surface area contributed by atoms with Crippen molar-refractivity contribution in [3.8, 4) is 44.5 Å². The van der Waals surface area contributed by atoms with Gasteiger partial charge in [-0.05, 0) is 96.3 Å². The first-order valence-electron chi connectivity index (χ1n) is 21.7. The van der Waals surface area contributed by atoms with Gasteiger partial charge < -0.3 is 4.42 Å². The second kappa shape index (κ2) is 10.4. The van der Waals surface area contributed by atoms with E-state index >= 15 is 0 Å². The molecule has 0 atom stereocenters. The van der Waals surface area contributed by atoms with Crippen LogP contribution in [0, 0.1) is 0 Å². The van der Waals surface area contributed by atoms with E-state index in [0.717, 1.165) is 0 Å². The first kappa shape index (κ1) is 14.7. The molecule has 0 aliphatic carbocycles. The molecular formula is C44H28O. The Labute approximate surface area is 282 Å². The zero-order chi connectivity index (χ0) is 42.8. The Morgan fingerprint density at radius 3 is 1.42 bits per heavy atom. The number of rotatable bonds is 4. The molecule has 0 amide bonds. The Kier molecular flexibility index (Phi) is 3.39. The van der Waals surface area contributed by atoms with Gasteiger partial charge in [0.15, 0.2) is 0 Å². The highest BCUT2D eigenvalue weighted by molar-refractivity contribution is 6.22. The van der Waals surface area contributed by atoms with Gasteiger partial charge in [0.2, 0.25) is 0 Å². The molecule has 0 aliphatic heterocycles. The smallest absolute Gasteiger partial charge is 0.135 e. The van der Waals surface area contributed by atoms with E-state index in [2.05, 4.69) is 0 Å². The summed E-state index contributed by atoms with van der Waals surface area (Å²) in [5.41, 5.74) is -0.121. The van der Waals surface area contributed by atoms with E-state index in [-0.39, 0.29) is 74.4 Å². The fourth-order valence-electron chi connectivity index (χ4n) is 5.91. The number of hydrogen-bond acceptors (Lipinski definition) is 1. The van der Waals surface area contributed by atoms with Crippen LogP contribution < -0.4 is 0 Å². The van der Waals surface area contributed by atoms with Crippen molar-refractivity contribution in [2.75, 3.05) is 0 Å². The van der Waals surface area contributed by atoms with Gasteiger partial charge in [-0.1, -0.05) is 139 Å². The highest BCUT2D eigenvalue weighted by atomic mass is 16.3. The fraction of sp³-hybridized carbons (Fsp3) is 0. The molecule has 0 saturated heterocycles. The minimum absolute atomic E-state index is 0.00371. The summed E-state index contributed by atoms with van der Waals surface area (Å²) in [5.74, 6) is 0. The molecule has 0 N–H and O–H groups in total. The second-order valence-electron chi connectivity index (χ2n) is 10.5. The predicted octanol–water partition coefficient (Wildman–Crippen LogP) is 12.6. The largest absolute Gasteiger partial charge is 0.456 e. The molecule has 0 saturated carbocycles. The molecule has 0 aliphatic rings. The molecule has 0 radical (unpaired) electrons. The average molecular weight is 588 g/mol. The van der Waals surface area contributed by atoms with Crippen molar-refractivity contribution in [3.05, 3.63) is 169 Å². The summed E-state index contributed by atoms with van der Waals surface area (Å²) in [6, 6.07) is 14.8. The summed E-state index contributed by atoms with van der Waals surface area (Å²) in [7, 11) is 0. The molecule has 0 fully saturated rings. The number of furan rings is 1. The average Bonchev–Trinajstić information content (AvgIpc) is 3.67. The van der Waals surface area contributed by atoms with Crippen LogP contribution in [0.3, 0.4) is 0 Å². The van der Waals surface area contributed by atoms with Crippen LogP contribution in [0.25, 0.3) is 88.0 Å². The molecular weight excluding hydrogens is 544 g/mol. The summed E-state index contributed by atoms with van der Waals surface area (Å²) in [6.07, 6.45) is 0. The molecule has 9 rings (SSSR count). The van der Waals surface area contributed by atoms with Crippen LogP contribution in [0.2, 0.25) is 0 Å². The minimum atomic E-state index is -0.686. The standard InChI is InChI=1S/C44H28O/c1-3-12-29(13-4-1)31-16-11-17-33(26-31)43-35-18-7-9-20-37(35)44(38-21-10-8-19-36(38)43)34-23-25-42-40(28-34)39-27-32(22-24-41(39)45-42)30-14-5-2-6-15-30/h1-28H/i1D,3D,4D,11D,12D,13D,16D,17D,22D,23D,24D,25D,26D,27D,28D. The van der Waals surface area contributed by atoms with Gasteiger partial charge in [0, 0.05) is 10.8 Å². The van der Waals surface area contributed by atoms with Crippen LogP contribution in [-0.4, -0.2) is 0 Å². The highest BCUT2D eigenvalue weighted by Crippen LogP contribution is 2.45. The van der Waals surface area contributed by atoms with Gasteiger partial charge in [0.1, 0.15) is 11.2 Å². The summed E-state index contributed by atoms with van der Waals surface area (Å²) < 4.78 is 140. The molecule has 8 aromatic carbocycles. The number of fused-ring (bicyclic) bond motifs is 5. The first-order valence-corrected chi connectivity index (χ1v) is 14.2. The minimum Gasteiger partial charge on any atom is -0.456 e. The van der Waals surface area contributed by atoms with Crippen LogP contribution in [-0.2, 0) is 0 Å². The van der Waals surface area contributed by atoms with Crippen molar-refractivity contribution in [1.82, 2.24) is 0 Å². The summed E-state index contributed by atoms with van der Waals surface area (Å²) in [6.45, 7) is 0. The molecule has 45 heavy (non-hydrogen) atoms. The van der Waals surface area contributed by atoms with Crippen molar-refractivity contribution < 1.29 is 25.0 Å². The zero-order valence-electron chi connectivity index (χ0n) is 38.4. The molecule has 0 unspecified atom stereocenters. The summed E-state index contributed by atoms with van der Waals surface area (Å²) in [5, 5.41) is 1.67. The normalized spacial score (nSPS) is 16.2. The van der Waals surface area contributed by atoms with Gasteiger partial charge >= 0.3 is 0 Å². The monoisotopic (exact) mass is 587 g/mol. The van der Waals surface area contributed by atoms with Crippen molar-refractivity contribution in [3.63, 3.8) is 0 Å². The Morgan fingerprint density at radius 1 is 0.333 bits per heavy atom. The van der Waals surface area contributed by atoms with Gasteiger partial charge in [0.25, 0.3) is 0 Å². The van der Waals surface area contributed by atoms with Crippen LogP contribution in [0.4, 0.5) is 0 Å². The molecule has 210 valence electrons. The van der Waals surface area contributed by atoms with E-state index in [4.69, 9.17) is 16.8 Å². The van der Waals surface area contributed by atoms with Gasteiger partial charge in [0.05, 0.1) is 20.6 Å². The van der Waals surface area contributed by atoms with E-state index in [1.165, 1.54) is 0 Å². The van der Waals surface area contributed by atoms with Gasteiger partial charge in [-0.25, -0.2) is 0 Å². The topological polar surface area (TPSA) is 13.1 Å². The van der Waals surface area contributed by atoms with E-state index in [0.29, 0.717) is 32.7 Å². The molecule has 1 nitrogen and oxygen atoms in total. The van der Waals surface area contributed by atoms with Crippen LogP contribution >= 0.6 is 0 Å². The lowest BCUT2D eigenvalue weighted by molar-refractivity contribution is 0.669. The first-order chi connectivity index (χ1) is 28.6. The summed E-state index contributed by atoms with van der Waals surface area (Å²) >= 11 is 0. The maximum atomic E-state index is 9.77. The third-order valence-corrected chi connectivity index (χ3v) is 7.88. The Hall–Kier alpha value is -5.92. The predicted molar refractivity (Wildman–Crippen MR) is 190 cm³/mol. The third-order valence-electron chi connectivity index (χ3n) is 7.88. The van der Waals surface area contributed by atoms with Crippen molar-refractivity contribution in [2.24, 2.45) is 0 Å². The Bertz CT molecular complexity index is 3290. The molecule has 1 heteroatoms. The molecule has 0 spiro atoms. The van der Waals surface area contributed by atoms with E-state index in [1.54, 1.807) is 78.9 Å². The molecule has 1 heterocycles. The Morgan fingerprint density at radius 2 is 0.800 bits per heavy atom. The summed E-state index contributed by atoms with van der Waals surface area (Å²) in [4.78, 5) is 0. The maximum Gasteiger partial charge on any atom is 0.135 e. The van der Waals surface area contributed by atoms with E-state index in [9.17, 15) is 8.22 Å².